The fourth-order valence-corrected chi connectivity index (χ4v) is 2.77. The minimum atomic E-state index is 0.609. The Labute approximate surface area is 109 Å². The fourth-order valence-electron chi connectivity index (χ4n) is 2.09. The van der Waals surface area contributed by atoms with Crippen molar-refractivity contribution in [2.45, 2.75) is 20.4 Å². The van der Waals surface area contributed by atoms with Gasteiger partial charge in [0.15, 0.2) is 0 Å². The van der Waals surface area contributed by atoms with Crippen LogP contribution in [-0.4, -0.2) is 14.2 Å². The van der Waals surface area contributed by atoms with E-state index in [1.807, 2.05) is 11.6 Å². The summed E-state index contributed by atoms with van der Waals surface area (Å²) < 4.78 is 7.24. The first kappa shape index (κ1) is 11.2. The Balaban J connectivity index is 2.18. The van der Waals surface area contributed by atoms with Crippen LogP contribution >= 0.6 is 11.5 Å². The van der Waals surface area contributed by atoms with E-state index in [9.17, 15) is 0 Å². The smallest absolute Gasteiger partial charge is 0.145 e. The van der Waals surface area contributed by atoms with Crippen LogP contribution < -0.4 is 5.73 Å². The molecule has 2 heterocycles. The lowest BCUT2D eigenvalue weighted by atomic mass is 10.1. The Morgan fingerprint density at radius 1 is 1.39 bits per heavy atom. The zero-order chi connectivity index (χ0) is 12.7. The van der Waals surface area contributed by atoms with Crippen LogP contribution in [0.3, 0.4) is 0 Å². The van der Waals surface area contributed by atoms with E-state index in [4.69, 9.17) is 5.73 Å². The molecule has 0 fully saturated rings. The summed E-state index contributed by atoms with van der Waals surface area (Å²) in [7, 11) is 0. The molecule has 0 bridgehead atoms. The minimum Gasteiger partial charge on any atom is -0.382 e. The quantitative estimate of drug-likeness (QED) is 0.768. The van der Waals surface area contributed by atoms with Gasteiger partial charge in [-0.25, -0.2) is 0 Å². The van der Waals surface area contributed by atoms with Crippen LogP contribution in [0.2, 0.25) is 0 Å². The summed E-state index contributed by atoms with van der Waals surface area (Å²) in [6.07, 6.45) is 2.08. The maximum atomic E-state index is 5.87. The molecule has 0 radical (unpaired) electrons. The molecule has 0 atom stereocenters. The van der Waals surface area contributed by atoms with Gasteiger partial charge < -0.3 is 5.73 Å². The number of nitrogen functional groups attached to an aromatic ring is 1. The number of hydrogen-bond donors (Lipinski definition) is 1. The summed E-state index contributed by atoms with van der Waals surface area (Å²) in [5.41, 5.74) is 9.21. The first-order chi connectivity index (χ1) is 8.69. The molecular weight excluding hydrogens is 244 g/mol. The van der Waals surface area contributed by atoms with Gasteiger partial charge in [0.25, 0.3) is 0 Å². The molecule has 0 saturated heterocycles. The standard InChI is InChI=1S/C13H14N4S/c1-3-17-7-11(8(2)15-17)9-4-5-12-10(6-9)13(14)16-18-12/h4-7H,3H2,1-2H3,(H2,14,16). The van der Waals surface area contributed by atoms with Crippen LogP contribution in [0.5, 0.6) is 0 Å². The summed E-state index contributed by atoms with van der Waals surface area (Å²) >= 11 is 1.44. The molecule has 0 spiro atoms. The lowest BCUT2D eigenvalue weighted by Crippen LogP contribution is -1.93. The fraction of sp³-hybridized carbons (Fsp3) is 0.231. The number of nitrogens with two attached hydrogens (primary N) is 1. The zero-order valence-electron chi connectivity index (χ0n) is 10.3. The summed E-state index contributed by atoms with van der Waals surface area (Å²) in [4.78, 5) is 0. The van der Waals surface area contributed by atoms with Gasteiger partial charge in [0.2, 0.25) is 0 Å². The van der Waals surface area contributed by atoms with Crippen molar-refractivity contribution in [3.8, 4) is 11.1 Å². The Kier molecular flexibility index (Phi) is 2.56. The minimum absolute atomic E-state index is 0.609. The third-order valence-electron chi connectivity index (χ3n) is 3.08. The van der Waals surface area contributed by atoms with E-state index >= 15 is 0 Å². The number of nitrogens with zero attached hydrogens (tertiary/aromatic N) is 3. The van der Waals surface area contributed by atoms with Gasteiger partial charge in [-0.3, -0.25) is 4.68 Å². The van der Waals surface area contributed by atoms with E-state index in [0.717, 1.165) is 33.5 Å². The zero-order valence-corrected chi connectivity index (χ0v) is 11.2. The van der Waals surface area contributed by atoms with Crippen molar-refractivity contribution in [1.29, 1.82) is 0 Å². The SMILES string of the molecule is CCn1cc(-c2ccc3snc(N)c3c2)c(C)n1. The lowest BCUT2D eigenvalue weighted by Gasteiger charge is -1.99. The normalized spacial score (nSPS) is 11.2. The largest absolute Gasteiger partial charge is 0.382 e. The molecule has 4 nitrogen and oxygen atoms in total. The van der Waals surface area contributed by atoms with E-state index in [1.54, 1.807) is 0 Å². The second-order valence-corrected chi connectivity index (χ2v) is 5.07. The van der Waals surface area contributed by atoms with Gasteiger partial charge in [-0.1, -0.05) is 6.07 Å². The molecule has 3 aromatic rings. The highest BCUT2D eigenvalue weighted by molar-refractivity contribution is 7.13. The summed E-state index contributed by atoms with van der Waals surface area (Å²) in [5, 5.41) is 5.50. The van der Waals surface area contributed by atoms with Crippen LogP contribution in [0.4, 0.5) is 5.82 Å². The number of anilines is 1. The van der Waals surface area contributed by atoms with E-state index in [-0.39, 0.29) is 0 Å². The molecular formula is C13H14N4S. The summed E-state index contributed by atoms with van der Waals surface area (Å²) in [5.74, 6) is 0.609. The third kappa shape index (κ3) is 1.67. The number of aryl methyl sites for hydroxylation is 2. The van der Waals surface area contributed by atoms with Crippen LogP contribution in [0.25, 0.3) is 21.2 Å². The average Bonchev–Trinajstić information content (AvgIpc) is 2.93. The lowest BCUT2D eigenvalue weighted by molar-refractivity contribution is 0.653. The predicted molar refractivity (Wildman–Crippen MR) is 75.7 cm³/mol. The Hall–Kier alpha value is -1.88. The number of aromatic nitrogens is 3. The van der Waals surface area contributed by atoms with Gasteiger partial charge in [-0.05, 0) is 43.1 Å². The predicted octanol–water partition coefficient (Wildman–Crippen LogP) is 3.07. The van der Waals surface area contributed by atoms with Crippen LogP contribution in [0.1, 0.15) is 12.6 Å². The highest BCUT2D eigenvalue weighted by atomic mass is 32.1. The van der Waals surface area contributed by atoms with Crippen molar-refractivity contribution in [2.24, 2.45) is 0 Å². The van der Waals surface area contributed by atoms with Crippen molar-refractivity contribution in [3.63, 3.8) is 0 Å². The highest BCUT2D eigenvalue weighted by Gasteiger charge is 2.09. The molecule has 18 heavy (non-hydrogen) atoms. The van der Waals surface area contributed by atoms with Gasteiger partial charge in [0.05, 0.1) is 10.4 Å². The molecule has 2 aromatic heterocycles. The van der Waals surface area contributed by atoms with Crippen molar-refractivity contribution in [2.75, 3.05) is 5.73 Å². The molecule has 0 amide bonds. The molecule has 0 saturated carbocycles. The van der Waals surface area contributed by atoms with Crippen molar-refractivity contribution in [1.82, 2.24) is 14.2 Å². The van der Waals surface area contributed by atoms with Crippen molar-refractivity contribution in [3.05, 3.63) is 30.1 Å². The third-order valence-corrected chi connectivity index (χ3v) is 3.92. The van der Waals surface area contributed by atoms with E-state index in [1.165, 1.54) is 11.5 Å². The van der Waals surface area contributed by atoms with Gasteiger partial charge in [-0.15, -0.1) is 0 Å². The van der Waals surface area contributed by atoms with Gasteiger partial charge in [0.1, 0.15) is 5.82 Å². The molecule has 1 aromatic carbocycles. The Bertz CT molecular complexity index is 711. The van der Waals surface area contributed by atoms with E-state index < -0.39 is 0 Å². The van der Waals surface area contributed by atoms with Crippen molar-refractivity contribution >= 4 is 27.4 Å². The second kappa shape index (κ2) is 4.10. The highest BCUT2D eigenvalue weighted by Crippen LogP contribution is 2.31. The Morgan fingerprint density at radius 2 is 2.22 bits per heavy atom. The number of fused-ring (bicyclic) bond motifs is 1. The van der Waals surface area contributed by atoms with E-state index in [2.05, 4.69) is 40.8 Å². The molecule has 0 aliphatic carbocycles. The molecule has 0 aliphatic rings. The number of rotatable bonds is 2. The van der Waals surface area contributed by atoms with Gasteiger partial charge >= 0.3 is 0 Å². The molecule has 0 aliphatic heterocycles. The number of benzene rings is 1. The Morgan fingerprint density at radius 3 is 2.94 bits per heavy atom. The molecule has 0 unspecified atom stereocenters. The number of hydrogen-bond acceptors (Lipinski definition) is 4. The molecule has 3 rings (SSSR count). The van der Waals surface area contributed by atoms with Gasteiger partial charge in [0, 0.05) is 23.7 Å². The molecule has 5 heteroatoms. The van der Waals surface area contributed by atoms with Gasteiger partial charge in [-0.2, -0.15) is 9.47 Å². The first-order valence-corrected chi connectivity index (χ1v) is 6.65. The van der Waals surface area contributed by atoms with Crippen LogP contribution in [-0.2, 0) is 6.54 Å². The van der Waals surface area contributed by atoms with Crippen LogP contribution in [0, 0.1) is 6.92 Å². The van der Waals surface area contributed by atoms with Crippen molar-refractivity contribution < 1.29 is 0 Å². The van der Waals surface area contributed by atoms with E-state index in [0.29, 0.717) is 5.82 Å². The summed E-state index contributed by atoms with van der Waals surface area (Å²) in [6.45, 7) is 4.99. The van der Waals surface area contributed by atoms with Crippen LogP contribution in [0.15, 0.2) is 24.4 Å². The molecule has 2 N–H and O–H groups in total. The molecule has 92 valence electrons. The first-order valence-electron chi connectivity index (χ1n) is 5.88. The monoisotopic (exact) mass is 258 g/mol. The summed E-state index contributed by atoms with van der Waals surface area (Å²) in [6, 6.07) is 6.27. The maximum Gasteiger partial charge on any atom is 0.145 e. The second-order valence-electron chi connectivity index (χ2n) is 4.26. The maximum absolute atomic E-state index is 5.87. The average molecular weight is 258 g/mol. The topological polar surface area (TPSA) is 56.7 Å².